The summed E-state index contributed by atoms with van der Waals surface area (Å²) >= 11 is 0. The van der Waals surface area contributed by atoms with Gasteiger partial charge in [-0.05, 0) is 17.7 Å². The van der Waals surface area contributed by atoms with E-state index in [1.54, 1.807) is 6.07 Å². The van der Waals surface area contributed by atoms with Crippen LogP contribution in [0.2, 0.25) is 0 Å². The molecule has 2 aromatic heterocycles. The molecule has 7 nitrogen and oxygen atoms in total. The molecule has 7 heteroatoms. The summed E-state index contributed by atoms with van der Waals surface area (Å²) in [4.78, 5) is 15.2. The molecule has 2 heterocycles. The molecule has 0 saturated carbocycles. The number of carboxylic acid groups (broad SMARTS) is 1. The maximum absolute atomic E-state index is 11.2. The van der Waals surface area contributed by atoms with E-state index in [0.717, 1.165) is 5.56 Å². The molecule has 0 fully saturated rings. The fourth-order valence-electron chi connectivity index (χ4n) is 2.07. The Morgan fingerprint density at radius 3 is 2.71 bits per heavy atom. The number of nitrogen functional groups attached to an aromatic ring is 1. The third-order valence-electron chi connectivity index (χ3n) is 3.05. The van der Waals surface area contributed by atoms with E-state index in [-0.39, 0.29) is 11.6 Å². The second kappa shape index (κ2) is 5.12. The van der Waals surface area contributed by atoms with Gasteiger partial charge >= 0.3 is 5.97 Å². The van der Waals surface area contributed by atoms with Gasteiger partial charge in [-0.25, -0.2) is 9.31 Å². The molecule has 0 spiro atoms. The molecule has 0 aliphatic rings. The van der Waals surface area contributed by atoms with Crippen molar-refractivity contribution < 1.29 is 9.90 Å². The van der Waals surface area contributed by atoms with Crippen molar-refractivity contribution >= 4 is 23.3 Å². The van der Waals surface area contributed by atoms with Crippen LogP contribution in [-0.4, -0.2) is 25.7 Å². The number of nitrogens with two attached hydrogens (primary N) is 1. The fourth-order valence-corrected chi connectivity index (χ4v) is 2.07. The Hall–Kier alpha value is -3.09. The Bertz CT molecular complexity index is 798. The number of carboxylic acids is 1. The number of hydrogen-bond acceptors (Lipinski definition) is 5. The van der Waals surface area contributed by atoms with Gasteiger partial charge in [0, 0.05) is 6.54 Å². The lowest BCUT2D eigenvalue weighted by Crippen LogP contribution is -2.09. The molecule has 0 aliphatic carbocycles. The maximum Gasteiger partial charge on any atom is 0.354 e. The fraction of sp³-hybridized carbons (Fsp3) is 0.0714. The van der Waals surface area contributed by atoms with Crippen molar-refractivity contribution in [2.45, 2.75) is 6.54 Å². The molecule has 0 bridgehead atoms. The Labute approximate surface area is 120 Å². The van der Waals surface area contributed by atoms with Crippen molar-refractivity contribution in [2.75, 3.05) is 11.1 Å². The van der Waals surface area contributed by atoms with Crippen LogP contribution in [0.4, 0.5) is 11.6 Å². The summed E-state index contributed by atoms with van der Waals surface area (Å²) < 4.78 is 1.23. The van der Waals surface area contributed by atoms with Gasteiger partial charge in [0.25, 0.3) is 0 Å². The highest BCUT2D eigenvalue weighted by molar-refractivity contribution is 5.88. The van der Waals surface area contributed by atoms with E-state index in [1.807, 2.05) is 30.3 Å². The Morgan fingerprint density at radius 1 is 1.24 bits per heavy atom. The van der Waals surface area contributed by atoms with E-state index in [2.05, 4.69) is 15.4 Å². The highest BCUT2D eigenvalue weighted by Crippen LogP contribution is 2.19. The SMILES string of the molecule is Nc1nc2c(NCc3ccccc3)ccc(C(=O)O)n2n1. The number of aromatic carboxylic acids is 1. The van der Waals surface area contributed by atoms with Crippen LogP contribution in [0.5, 0.6) is 0 Å². The summed E-state index contributed by atoms with van der Waals surface area (Å²) in [6.07, 6.45) is 0. The van der Waals surface area contributed by atoms with E-state index < -0.39 is 5.97 Å². The number of carbonyl (C=O) groups is 1. The van der Waals surface area contributed by atoms with Crippen molar-refractivity contribution in [1.29, 1.82) is 0 Å². The third-order valence-corrected chi connectivity index (χ3v) is 3.05. The Morgan fingerprint density at radius 2 is 2.00 bits per heavy atom. The van der Waals surface area contributed by atoms with Gasteiger partial charge in [0.05, 0.1) is 5.69 Å². The van der Waals surface area contributed by atoms with E-state index in [1.165, 1.54) is 10.6 Å². The normalized spacial score (nSPS) is 10.7. The van der Waals surface area contributed by atoms with Crippen LogP contribution in [0.15, 0.2) is 42.5 Å². The van der Waals surface area contributed by atoms with Gasteiger partial charge in [-0.1, -0.05) is 30.3 Å². The lowest BCUT2D eigenvalue weighted by atomic mass is 10.2. The first kappa shape index (κ1) is 12.9. The average molecular weight is 283 g/mol. The summed E-state index contributed by atoms with van der Waals surface area (Å²) in [5.41, 5.74) is 7.75. The predicted octanol–water partition coefficient (Wildman–Crippen LogP) is 1.62. The molecule has 106 valence electrons. The Kier molecular flexibility index (Phi) is 3.15. The smallest absolute Gasteiger partial charge is 0.354 e. The van der Waals surface area contributed by atoms with Gasteiger partial charge < -0.3 is 16.2 Å². The molecule has 4 N–H and O–H groups in total. The van der Waals surface area contributed by atoms with E-state index in [0.29, 0.717) is 17.9 Å². The van der Waals surface area contributed by atoms with Gasteiger partial charge in [-0.15, -0.1) is 5.10 Å². The van der Waals surface area contributed by atoms with Gasteiger partial charge in [0.2, 0.25) is 5.95 Å². The highest BCUT2D eigenvalue weighted by Gasteiger charge is 2.14. The molecule has 0 amide bonds. The van der Waals surface area contributed by atoms with Crippen LogP contribution in [0.3, 0.4) is 0 Å². The number of anilines is 2. The van der Waals surface area contributed by atoms with Crippen LogP contribution < -0.4 is 11.1 Å². The number of pyridine rings is 1. The average Bonchev–Trinajstić information content (AvgIpc) is 2.86. The van der Waals surface area contributed by atoms with Crippen molar-refractivity contribution in [3.8, 4) is 0 Å². The number of benzene rings is 1. The summed E-state index contributed by atoms with van der Waals surface area (Å²) in [6, 6.07) is 13.0. The predicted molar refractivity (Wildman–Crippen MR) is 78.1 cm³/mol. The molecular weight excluding hydrogens is 270 g/mol. The van der Waals surface area contributed by atoms with E-state index in [9.17, 15) is 4.79 Å². The topological polar surface area (TPSA) is 106 Å². The van der Waals surface area contributed by atoms with Crippen LogP contribution in [-0.2, 0) is 6.54 Å². The summed E-state index contributed by atoms with van der Waals surface area (Å²) in [5, 5.41) is 16.3. The minimum Gasteiger partial charge on any atom is -0.477 e. The molecule has 3 aromatic rings. The van der Waals surface area contributed by atoms with Crippen LogP contribution in [0, 0.1) is 0 Å². The van der Waals surface area contributed by atoms with Crippen molar-refractivity contribution in [2.24, 2.45) is 0 Å². The highest BCUT2D eigenvalue weighted by atomic mass is 16.4. The Balaban J connectivity index is 1.96. The van der Waals surface area contributed by atoms with Gasteiger partial charge in [-0.2, -0.15) is 4.98 Å². The minimum absolute atomic E-state index is 0.0134. The second-order valence-corrected chi connectivity index (χ2v) is 4.48. The standard InChI is InChI=1S/C14H13N5O2/c15-14-17-12-10(16-8-9-4-2-1-3-5-9)6-7-11(13(20)21)19(12)18-14/h1-7,16H,8H2,(H2,15,18)(H,20,21). The molecule has 21 heavy (non-hydrogen) atoms. The van der Waals surface area contributed by atoms with Crippen molar-refractivity contribution in [3.05, 3.63) is 53.7 Å². The van der Waals surface area contributed by atoms with Crippen molar-refractivity contribution in [3.63, 3.8) is 0 Å². The molecule has 0 saturated heterocycles. The maximum atomic E-state index is 11.2. The van der Waals surface area contributed by atoms with Gasteiger partial charge in [0.15, 0.2) is 11.3 Å². The van der Waals surface area contributed by atoms with Crippen LogP contribution in [0.1, 0.15) is 16.1 Å². The summed E-state index contributed by atoms with van der Waals surface area (Å²) in [7, 11) is 0. The second-order valence-electron chi connectivity index (χ2n) is 4.48. The van der Waals surface area contributed by atoms with E-state index >= 15 is 0 Å². The zero-order valence-electron chi connectivity index (χ0n) is 11.0. The number of rotatable bonds is 4. The molecule has 0 radical (unpaired) electrons. The minimum atomic E-state index is -1.08. The summed E-state index contributed by atoms with van der Waals surface area (Å²) in [5.74, 6) is -1.05. The van der Waals surface area contributed by atoms with Crippen LogP contribution >= 0.6 is 0 Å². The molecule has 1 aromatic carbocycles. The van der Waals surface area contributed by atoms with Crippen LogP contribution in [0.25, 0.3) is 5.65 Å². The van der Waals surface area contributed by atoms with E-state index in [4.69, 9.17) is 10.8 Å². The first-order chi connectivity index (χ1) is 10.1. The zero-order valence-corrected chi connectivity index (χ0v) is 11.0. The number of nitrogens with one attached hydrogen (secondary N) is 1. The van der Waals surface area contributed by atoms with Crippen molar-refractivity contribution in [1.82, 2.24) is 14.6 Å². The first-order valence-electron chi connectivity index (χ1n) is 6.31. The largest absolute Gasteiger partial charge is 0.477 e. The lowest BCUT2D eigenvalue weighted by molar-refractivity contribution is 0.0687. The quantitative estimate of drug-likeness (QED) is 0.672. The monoisotopic (exact) mass is 283 g/mol. The number of fused-ring (bicyclic) bond motifs is 1. The summed E-state index contributed by atoms with van der Waals surface area (Å²) in [6.45, 7) is 0.593. The number of nitrogens with zero attached hydrogens (tertiary/aromatic N) is 3. The first-order valence-corrected chi connectivity index (χ1v) is 6.31. The lowest BCUT2D eigenvalue weighted by Gasteiger charge is -2.08. The molecule has 0 aliphatic heterocycles. The van der Waals surface area contributed by atoms with Gasteiger partial charge in [-0.3, -0.25) is 0 Å². The van der Waals surface area contributed by atoms with Gasteiger partial charge in [0.1, 0.15) is 0 Å². The third kappa shape index (κ3) is 2.48. The number of aromatic nitrogens is 3. The molecule has 3 rings (SSSR count). The molecule has 0 unspecified atom stereocenters. The zero-order chi connectivity index (χ0) is 14.8. The molecule has 0 atom stereocenters. The molecular formula is C14H13N5O2. The number of hydrogen-bond donors (Lipinski definition) is 3.